The number of benzene rings is 2. The van der Waals surface area contributed by atoms with Crippen molar-refractivity contribution in [1.82, 2.24) is 9.96 Å². The lowest BCUT2D eigenvalue weighted by Crippen LogP contribution is -2.35. The van der Waals surface area contributed by atoms with E-state index in [0.717, 1.165) is 5.56 Å². The topological polar surface area (TPSA) is 88.5 Å². The summed E-state index contributed by atoms with van der Waals surface area (Å²) in [5, 5.41) is 11.7. The van der Waals surface area contributed by atoms with Crippen LogP contribution in [0.4, 0.5) is 0 Å². The Morgan fingerprint density at radius 3 is 2.24 bits per heavy atom. The van der Waals surface area contributed by atoms with Crippen LogP contribution in [-0.2, 0) is 21.0 Å². The zero-order chi connectivity index (χ0) is 20.7. The van der Waals surface area contributed by atoms with Gasteiger partial charge in [-0.3, -0.25) is 19.3 Å². The van der Waals surface area contributed by atoms with Crippen molar-refractivity contribution in [2.24, 2.45) is 5.92 Å². The number of likely N-dealkylation sites (tertiary alicyclic amines) is 1. The van der Waals surface area contributed by atoms with E-state index in [-0.39, 0.29) is 35.6 Å². The summed E-state index contributed by atoms with van der Waals surface area (Å²) in [7, 11) is 4.54. The molecule has 0 saturated carbocycles. The lowest BCUT2D eigenvalue weighted by atomic mass is 9.90. The second-order valence-electron chi connectivity index (χ2n) is 7.07. The Hall–Kier alpha value is -3.10. The molecule has 0 bridgehead atoms. The van der Waals surface area contributed by atoms with Crippen LogP contribution in [0.5, 0.6) is 17.2 Å². The molecule has 0 aromatic heterocycles. The quantitative estimate of drug-likeness (QED) is 0.770. The van der Waals surface area contributed by atoms with Gasteiger partial charge >= 0.3 is 0 Å². The first kappa shape index (κ1) is 19.2. The van der Waals surface area contributed by atoms with Crippen LogP contribution in [-0.4, -0.2) is 54.3 Å². The number of hydrogen-bond donors (Lipinski definition) is 1. The smallest absolute Gasteiger partial charge is 0.261 e. The first-order valence-corrected chi connectivity index (χ1v) is 9.20. The number of amides is 2. The third-order valence-electron chi connectivity index (χ3n) is 5.43. The highest BCUT2D eigenvalue weighted by Crippen LogP contribution is 2.47. The average Bonchev–Trinajstić information content (AvgIpc) is 3.18. The highest BCUT2D eigenvalue weighted by atomic mass is 16.7. The fraction of sp³-hybridized carbons (Fsp3) is 0.333. The number of aromatic hydroxyl groups is 1. The molecule has 8 heteroatoms. The number of phenolic OH excluding ortho intramolecular Hbond substituents is 1. The number of hydroxylamine groups is 2. The third-order valence-corrected chi connectivity index (χ3v) is 5.43. The molecule has 0 aliphatic carbocycles. The number of phenols is 1. The van der Waals surface area contributed by atoms with Gasteiger partial charge in [0.15, 0.2) is 17.6 Å². The molecule has 2 amide bonds. The number of hydrogen-bond acceptors (Lipinski definition) is 7. The first-order valence-electron chi connectivity index (χ1n) is 9.20. The van der Waals surface area contributed by atoms with Crippen molar-refractivity contribution in [3.63, 3.8) is 0 Å². The predicted octanol–water partition coefficient (Wildman–Crippen LogP) is 1.88. The molecule has 152 valence electrons. The molecule has 2 fully saturated rings. The summed E-state index contributed by atoms with van der Waals surface area (Å²) >= 11 is 0. The Labute approximate surface area is 168 Å². The molecule has 2 aliphatic rings. The Kier molecular flexibility index (Phi) is 4.89. The monoisotopic (exact) mass is 398 g/mol. The van der Waals surface area contributed by atoms with E-state index in [1.54, 1.807) is 19.2 Å². The minimum absolute atomic E-state index is 0.128. The van der Waals surface area contributed by atoms with Crippen LogP contribution in [0.25, 0.3) is 0 Å². The molecule has 2 heterocycles. The number of imide groups is 1. The van der Waals surface area contributed by atoms with Gasteiger partial charge in [0.1, 0.15) is 0 Å². The van der Waals surface area contributed by atoms with E-state index in [4.69, 9.17) is 14.3 Å². The molecule has 2 aromatic carbocycles. The van der Waals surface area contributed by atoms with Crippen LogP contribution in [0.1, 0.15) is 17.2 Å². The molecule has 1 N–H and O–H groups in total. The molecule has 29 heavy (non-hydrogen) atoms. The van der Waals surface area contributed by atoms with Gasteiger partial charge in [-0.15, -0.1) is 0 Å². The molecule has 8 nitrogen and oxygen atoms in total. The van der Waals surface area contributed by atoms with Gasteiger partial charge in [-0.2, -0.15) is 5.06 Å². The summed E-state index contributed by atoms with van der Waals surface area (Å²) < 4.78 is 10.5. The van der Waals surface area contributed by atoms with E-state index < -0.39 is 18.1 Å². The maximum Gasteiger partial charge on any atom is 0.261 e. The normalized spacial score (nSPS) is 24.1. The summed E-state index contributed by atoms with van der Waals surface area (Å²) in [4.78, 5) is 33.1. The second-order valence-corrected chi connectivity index (χ2v) is 7.07. The van der Waals surface area contributed by atoms with E-state index in [1.165, 1.54) is 24.2 Å². The number of fused-ring (bicyclic) bond motifs is 1. The van der Waals surface area contributed by atoms with Gasteiger partial charge in [-0.1, -0.05) is 30.3 Å². The lowest BCUT2D eigenvalue weighted by molar-refractivity contribution is -0.170. The van der Waals surface area contributed by atoms with Crippen molar-refractivity contribution in [3.05, 3.63) is 53.6 Å². The van der Waals surface area contributed by atoms with Crippen molar-refractivity contribution >= 4 is 11.8 Å². The Bertz CT molecular complexity index is 922. The van der Waals surface area contributed by atoms with E-state index in [1.807, 2.05) is 30.3 Å². The molecular formula is C21H22N2O6. The van der Waals surface area contributed by atoms with Gasteiger partial charge < -0.3 is 14.6 Å². The van der Waals surface area contributed by atoms with Gasteiger partial charge in [-0.05, 0) is 23.3 Å². The Balaban J connectivity index is 1.68. The van der Waals surface area contributed by atoms with E-state index in [9.17, 15) is 14.7 Å². The summed E-state index contributed by atoms with van der Waals surface area (Å²) in [6, 6.07) is 12.1. The molecular weight excluding hydrogens is 376 g/mol. The summed E-state index contributed by atoms with van der Waals surface area (Å²) in [6.07, 6.45) is -0.882. The molecule has 3 atom stereocenters. The van der Waals surface area contributed by atoms with Crippen molar-refractivity contribution < 1.29 is 29.0 Å². The average molecular weight is 398 g/mol. The number of carbonyl (C=O) groups excluding carboxylic acids is 2. The van der Waals surface area contributed by atoms with Crippen LogP contribution < -0.4 is 9.47 Å². The minimum atomic E-state index is -0.882. The highest BCUT2D eigenvalue weighted by molar-refractivity contribution is 6.07. The van der Waals surface area contributed by atoms with Gasteiger partial charge in [0, 0.05) is 7.05 Å². The van der Waals surface area contributed by atoms with E-state index in [0.29, 0.717) is 5.56 Å². The number of nitrogens with zero attached hydrogens (tertiary/aromatic N) is 2. The minimum Gasteiger partial charge on any atom is -0.502 e. The Morgan fingerprint density at radius 1 is 1.03 bits per heavy atom. The fourth-order valence-electron chi connectivity index (χ4n) is 4.03. The molecule has 0 spiro atoms. The molecule has 2 saturated heterocycles. The molecule has 0 radical (unpaired) electrons. The summed E-state index contributed by atoms with van der Waals surface area (Å²) in [5.41, 5.74) is 1.52. The van der Waals surface area contributed by atoms with Crippen molar-refractivity contribution in [1.29, 1.82) is 0 Å². The highest BCUT2D eigenvalue weighted by Gasteiger charge is 2.58. The number of carbonyl (C=O) groups is 2. The van der Waals surface area contributed by atoms with Gasteiger partial charge in [0.2, 0.25) is 11.7 Å². The van der Waals surface area contributed by atoms with Gasteiger partial charge in [0.25, 0.3) is 5.91 Å². The number of rotatable bonds is 5. The fourth-order valence-corrected chi connectivity index (χ4v) is 4.03. The maximum atomic E-state index is 13.2. The predicted molar refractivity (Wildman–Crippen MR) is 102 cm³/mol. The third kappa shape index (κ3) is 3.10. The van der Waals surface area contributed by atoms with Gasteiger partial charge in [0.05, 0.1) is 32.7 Å². The molecule has 3 unspecified atom stereocenters. The van der Waals surface area contributed by atoms with Crippen LogP contribution in [0.2, 0.25) is 0 Å². The van der Waals surface area contributed by atoms with Crippen LogP contribution in [0.15, 0.2) is 42.5 Å². The Morgan fingerprint density at radius 2 is 1.66 bits per heavy atom. The van der Waals surface area contributed by atoms with E-state index in [2.05, 4.69) is 0 Å². The number of methoxy groups -OCH3 is 2. The summed E-state index contributed by atoms with van der Waals surface area (Å²) in [5.74, 6) is -1.03. The standard InChI is InChI=1S/C21H22N2O6/c1-22-17(13-9-14(27-2)18(24)15(10-13)28-3)16-19(29-22)21(26)23(20(16)25)11-12-7-5-4-6-8-12/h4-10,16-17,19,24H,11H2,1-3H3. The second kappa shape index (κ2) is 7.38. The van der Waals surface area contributed by atoms with Crippen molar-refractivity contribution in [2.45, 2.75) is 18.7 Å². The zero-order valence-corrected chi connectivity index (χ0v) is 16.4. The van der Waals surface area contributed by atoms with E-state index >= 15 is 0 Å². The molecule has 2 aliphatic heterocycles. The van der Waals surface area contributed by atoms with Crippen LogP contribution >= 0.6 is 0 Å². The zero-order valence-electron chi connectivity index (χ0n) is 16.4. The van der Waals surface area contributed by atoms with Crippen LogP contribution in [0.3, 0.4) is 0 Å². The van der Waals surface area contributed by atoms with Crippen molar-refractivity contribution in [3.8, 4) is 17.2 Å². The van der Waals surface area contributed by atoms with Crippen LogP contribution in [0, 0.1) is 5.92 Å². The molecule has 2 aromatic rings. The summed E-state index contributed by atoms with van der Waals surface area (Å²) in [6.45, 7) is 0.202. The first-order chi connectivity index (χ1) is 14.0. The SMILES string of the molecule is COc1cc(C2C3C(=O)N(Cc4ccccc4)C(=O)C3ON2C)cc(OC)c1O. The largest absolute Gasteiger partial charge is 0.502 e. The number of ether oxygens (including phenoxy) is 2. The molecule has 4 rings (SSSR count). The van der Waals surface area contributed by atoms with Crippen molar-refractivity contribution in [2.75, 3.05) is 21.3 Å². The maximum absolute atomic E-state index is 13.2. The lowest BCUT2D eigenvalue weighted by Gasteiger charge is -2.25. The van der Waals surface area contributed by atoms with Gasteiger partial charge in [-0.25, -0.2) is 0 Å².